The largest absolute Gasteiger partial charge is 0.383 e. The molecule has 0 saturated heterocycles. The Labute approximate surface area is 99.6 Å². The van der Waals surface area contributed by atoms with Gasteiger partial charge in [0.15, 0.2) is 5.78 Å². The summed E-state index contributed by atoms with van der Waals surface area (Å²) in [6.07, 6.45) is 6.65. The van der Waals surface area contributed by atoms with Gasteiger partial charge < -0.3 is 4.90 Å². The smallest absolute Gasteiger partial charge is 0.188 e. The molecular weight excluding hydrogens is 200 g/mol. The van der Waals surface area contributed by atoms with Crippen molar-refractivity contribution in [2.75, 3.05) is 20.6 Å². The SMILES string of the molecule is C/C=C(\C=NCC)C(=O)/C=C/N(C)C.CC. The molecule has 3 nitrogen and oxygen atoms in total. The monoisotopic (exact) mass is 224 g/mol. The Balaban J connectivity index is 0. The normalized spacial score (nSPS) is 11.5. The number of aliphatic imine (C=N–C) groups is 1. The summed E-state index contributed by atoms with van der Waals surface area (Å²) in [7, 11) is 3.75. The summed E-state index contributed by atoms with van der Waals surface area (Å²) in [5.41, 5.74) is 0.630. The van der Waals surface area contributed by atoms with Crippen LogP contribution >= 0.6 is 0 Å². The Hall–Kier alpha value is -1.38. The molecule has 0 amide bonds. The Kier molecular flexibility index (Phi) is 12.4. The summed E-state index contributed by atoms with van der Waals surface area (Å²) >= 11 is 0. The van der Waals surface area contributed by atoms with Gasteiger partial charge in [-0.3, -0.25) is 9.79 Å². The van der Waals surface area contributed by atoms with Crippen LogP contribution in [0.5, 0.6) is 0 Å². The van der Waals surface area contributed by atoms with Crippen LogP contribution in [0.1, 0.15) is 27.7 Å². The van der Waals surface area contributed by atoms with Gasteiger partial charge in [-0.05, 0) is 13.8 Å². The lowest BCUT2D eigenvalue weighted by atomic mass is 10.2. The Morgan fingerprint density at radius 3 is 2.25 bits per heavy atom. The molecule has 0 aliphatic heterocycles. The lowest BCUT2D eigenvalue weighted by Gasteiger charge is -2.02. The molecule has 0 aliphatic rings. The molecule has 16 heavy (non-hydrogen) atoms. The summed E-state index contributed by atoms with van der Waals surface area (Å²) in [5.74, 6) is -0.0154. The van der Waals surface area contributed by atoms with E-state index in [2.05, 4.69) is 4.99 Å². The van der Waals surface area contributed by atoms with Gasteiger partial charge in [0.25, 0.3) is 0 Å². The fourth-order valence-electron chi connectivity index (χ4n) is 0.783. The topological polar surface area (TPSA) is 32.7 Å². The van der Waals surface area contributed by atoms with Crippen molar-refractivity contribution in [3.63, 3.8) is 0 Å². The Morgan fingerprint density at radius 2 is 1.88 bits per heavy atom. The van der Waals surface area contributed by atoms with Crippen LogP contribution in [0.3, 0.4) is 0 Å². The first-order valence-corrected chi connectivity index (χ1v) is 5.66. The number of rotatable bonds is 5. The maximum atomic E-state index is 11.5. The van der Waals surface area contributed by atoms with Crippen LogP contribution in [-0.2, 0) is 4.79 Å². The lowest BCUT2D eigenvalue weighted by Crippen LogP contribution is -2.05. The number of hydrogen-bond acceptors (Lipinski definition) is 3. The zero-order valence-electron chi connectivity index (χ0n) is 11.3. The number of hydrogen-bond donors (Lipinski definition) is 0. The van der Waals surface area contributed by atoms with Crippen LogP contribution in [0.2, 0.25) is 0 Å². The Morgan fingerprint density at radius 1 is 1.31 bits per heavy atom. The summed E-state index contributed by atoms with van der Waals surface area (Å²) in [4.78, 5) is 17.4. The number of carbonyl (C=O) groups excluding carboxylic acids is 1. The molecule has 0 bridgehead atoms. The van der Waals surface area contributed by atoms with Crippen molar-refractivity contribution in [2.45, 2.75) is 27.7 Å². The molecule has 0 N–H and O–H groups in total. The average molecular weight is 224 g/mol. The van der Waals surface area contributed by atoms with Crippen molar-refractivity contribution in [3.05, 3.63) is 23.9 Å². The minimum atomic E-state index is -0.0154. The molecule has 0 atom stereocenters. The van der Waals surface area contributed by atoms with Crippen LogP contribution in [0, 0.1) is 0 Å². The van der Waals surface area contributed by atoms with Crippen molar-refractivity contribution in [1.82, 2.24) is 4.90 Å². The number of carbonyl (C=O) groups is 1. The molecule has 0 radical (unpaired) electrons. The van der Waals surface area contributed by atoms with Gasteiger partial charge in [0.05, 0.1) is 0 Å². The van der Waals surface area contributed by atoms with Crippen molar-refractivity contribution in [1.29, 1.82) is 0 Å². The van der Waals surface area contributed by atoms with E-state index in [1.807, 2.05) is 46.7 Å². The van der Waals surface area contributed by atoms with Crippen molar-refractivity contribution < 1.29 is 4.79 Å². The van der Waals surface area contributed by atoms with Crippen molar-refractivity contribution in [2.24, 2.45) is 4.99 Å². The average Bonchev–Trinajstić information content (AvgIpc) is 2.30. The van der Waals surface area contributed by atoms with E-state index in [9.17, 15) is 4.79 Å². The standard InChI is InChI=1S/C11H18N2O.C2H6/c1-5-10(9-12-6-2)11(14)7-8-13(3)4;1-2/h5,7-9H,6H2,1-4H3;1-2H3/b8-7+,10-5+,12-9?;. The van der Waals surface area contributed by atoms with E-state index in [-0.39, 0.29) is 5.78 Å². The van der Waals surface area contributed by atoms with E-state index in [1.165, 1.54) is 6.08 Å². The Bertz CT molecular complexity index is 263. The minimum absolute atomic E-state index is 0.0154. The molecule has 0 spiro atoms. The number of nitrogens with zero attached hydrogens (tertiary/aromatic N) is 2. The van der Waals surface area contributed by atoms with E-state index in [0.29, 0.717) is 12.1 Å². The predicted octanol–water partition coefficient (Wildman–Crippen LogP) is 2.69. The first kappa shape index (κ1) is 17.0. The van der Waals surface area contributed by atoms with Crippen LogP contribution in [0.4, 0.5) is 0 Å². The maximum Gasteiger partial charge on any atom is 0.188 e. The van der Waals surface area contributed by atoms with Crippen molar-refractivity contribution in [3.8, 4) is 0 Å². The van der Waals surface area contributed by atoms with Crippen LogP contribution in [-0.4, -0.2) is 37.5 Å². The molecule has 0 aliphatic carbocycles. The minimum Gasteiger partial charge on any atom is -0.383 e. The van der Waals surface area contributed by atoms with E-state index < -0.39 is 0 Å². The van der Waals surface area contributed by atoms with Gasteiger partial charge in [0, 0.05) is 44.7 Å². The molecule has 0 fully saturated rings. The molecular formula is C13H24N2O. The van der Waals surface area contributed by atoms with E-state index >= 15 is 0 Å². The maximum absolute atomic E-state index is 11.5. The van der Waals surface area contributed by atoms with Gasteiger partial charge in [0.2, 0.25) is 0 Å². The summed E-state index contributed by atoms with van der Waals surface area (Å²) in [6.45, 7) is 8.46. The van der Waals surface area contributed by atoms with Crippen LogP contribution < -0.4 is 0 Å². The second-order valence-electron chi connectivity index (χ2n) is 3.02. The molecule has 0 aromatic carbocycles. The second-order valence-corrected chi connectivity index (χ2v) is 3.02. The fraction of sp³-hybridized carbons (Fsp3) is 0.538. The summed E-state index contributed by atoms with van der Waals surface area (Å²) in [5, 5.41) is 0. The highest BCUT2D eigenvalue weighted by atomic mass is 16.1. The predicted molar refractivity (Wildman–Crippen MR) is 72.0 cm³/mol. The number of ketones is 1. The van der Waals surface area contributed by atoms with Gasteiger partial charge in [-0.15, -0.1) is 0 Å². The molecule has 0 unspecified atom stereocenters. The van der Waals surface area contributed by atoms with Gasteiger partial charge in [0.1, 0.15) is 0 Å². The van der Waals surface area contributed by atoms with Gasteiger partial charge in [-0.25, -0.2) is 0 Å². The molecule has 0 aromatic rings. The zero-order valence-corrected chi connectivity index (χ0v) is 11.3. The van der Waals surface area contributed by atoms with E-state index in [4.69, 9.17) is 0 Å². The first-order chi connectivity index (χ1) is 7.61. The third-order valence-electron chi connectivity index (χ3n) is 1.53. The van der Waals surface area contributed by atoms with Gasteiger partial charge in [-0.1, -0.05) is 19.9 Å². The van der Waals surface area contributed by atoms with E-state index in [1.54, 1.807) is 18.5 Å². The van der Waals surface area contributed by atoms with Crippen LogP contribution in [0.25, 0.3) is 0 Å². The highest BCUT2D eigenvalue weighted by Gasteiger charge is 2.00. The highest BCUT2D eigenvalue weighted by Crippen LogP contribution is 1.95. The van der Waals surface area contributed by atoms with Crippen molar-refractivity contribution >= 4 is 12.0 Å². The summed E-state index contributed by atoms with van der Waals surface area (Å²) in [6, 6.07) is 0. The lowest BCUT2D eigenvalue weighted by molar-refractivity contribution is -0.110. The highest BCUT2D eigenvalue weighted by molar-refractivity contribution is 6.18. The number of allylic oxidation sites excluding steroid dienone is 3. The van der Waals surface area contributed by atoms with Crippen LogP contribution in [0.15, 0.2) is 28.9 Å². The van der Waals surface area contributed by atoms with E-state index in [0.717, 1.165) is 0 Å². The molecule has 0 saturated carbocycles. The van der Waals surface area contributed by atoms with Gasteiger partial charge in [-0.2, -0.15) is 0 Å². The zero-order chi connectivity index (χ0) is 13.0. The molecule has 92 valence electrons. The molecule has 0 heterocycles. The third kappa shape index (κ3) is 9.19. The molecule has 0 aromatic heterocycles. The van der Waals surface area contributed by atoms with Gasteiger partial charge >= 0.3 is 0 Å². The first-order valence-electron chi connectivity index (χ1n) is 5.66. The third-order valence-corrected chi connectivity index (χ3v) is 1.53. The fourth-order valence-corrected chi connectivity index (χ4v) is 0.783. The molecule has 3 heteroatoms. The molecule has 0 rings (SSSR count). The second kappa shape index (κ2) is 11.7. The quantitative estimate of drug-likeness (QED) is 0.531. The summed E-state index contributed by atoms with van der Waals surface area (Å²) < 4.78 is 0.